The third-order valence-corrected chi connectivity index (χ3v) is 8.80. The van der Waals surface area contributed by atoms with E-state index in [1.165, 1.54) is 15.2 Å². The molecule has 6 nitrogen and oxygen atoms in total. The Hall–Kier alpha value is -2.04. The largest absolute Gasteiger partial charge is 0.379 e. The fraction of sp³-hybridized carbons (Fsp3) is 0.318. The maximum Gasteiger partial charge on any atom is 0.254 e. The average Bonchev–Trinajstić information content (AvgIpc) is 3.51. The van der Waals surface area contributed by atoms with Crippen molar-refractivity contribution < 1.29 is 17.9 Å². The van der Waals surface area contributed by atoms with Gasteiger partial charge >= 0.3 is 0 Å². The summed E-state index contributed by atoms with van der Waals surface area (Å²) in [5.41, 5.74) is 0.386. The van der Waals surface area contributed by atoms with Crippen molar-refractivity contribution in [2.45, 2.75) is 17.9 Å². The van der Waals surface area contributed by atoms with Crippen LogP contribution in [0.4, 0.5) is 0 Å². The first-order chi connectivity index (χ1) is 15.0. The second-order valence-corrected chi connectivity index (χ2v) is 11.2. The van der Waals surface area contributed by atoms with Gasteiger partial charge in [0.25, 0.3) is 5.91 Å². The Labute approximate surface area is 190 Å². The molecule has 0 aliphatic carbocycles. The summed E-state index contributed by atoms with van der Waals surface area (Å²) >= 11 is 3.28. The van der Waals surface area contributed by atoms with Crippen molar-refractivity contribution in [3.63, 3.8) is 0 Å². The Morgan fingerprint density at radius 3 is 2.39 bits per heavy atom. The van der Waals surface area contributed by atoms with Gasteiger partial charge in [-0.15, -0.1) is 22.7 Å². The molecule has 1 aliphatic rings. The second kappa shape index (κ2) is 10.1. The molecule has 3 aromatic rings. The fourth-order valence-corrected chi connectivity index (χ4v) is 6.32. The number of sulfonamides is 1. The number of ether oxygens (including phenoxy) is 1. The zero-order valence-electron chi connectivity index (χ0n) is 17.0. The number of carbonyl (C=O) groups excluding carboxylic acids is 1. The number of nitrogens with zero attached hydrogens (tertiary/aromatic N) is 2. The third-order valence-electron chi connectivity index (χ3n) is 5.11. The summed E-state index contributed by atoms with van der Waals surface area (Å²) in [7, 11) is -3.66. The minimum Gasteiger partial charge on any atom is -0.379 e. The zero-order chi connectivity index (χ0) is 21.7. The van der Waals surface area contributed by atoms with Crippen LogP contribution in [0.15, 0.2) is 64.2 Å². The normalized spacial score (nSPS) is 15.1. The molecule has 9 heteroatoms. The Bertz CT molecular complexity index is 1090. The molecule has 4 rings (SSSR count). The quantitative estimate of drug-likeness (QED) is 0.497. The molecule has 1 aromatic carbocycles. The average molecular weight is 477 g/mol. The lowest BCUT2D eigenvalue weighted by Gasteiger charge is -2.26. The lowest BCUT2D eigenvalue weighted by molar-refractivity contribution is 0.0729. The van der Waals surface area contributed by atoms with Gasteiger partial charge < -0.3 is 9.64 Å². The SMILES string of the molecule is O=C(c1cccc(S(=O)(=O)N2CCOCC2)c1)N(CCc1cccs1)Cc1cccs1. The van der Waals surface area contributed by atoms with E-state index in [9.17, 15) is 13.2 Å². The summed E-state index contributed by atoms with van der Waals surface area (Å²) in [6.07, 6.45) is 0.764. The predicted molar refractivity (Wildman–Crippen MR) is 123 cm³/mol. The highest BCUT2D eigenvalue weighted by atomic mass is 32.2. The van der Waals surface area contributed by atoms with E-state index >= 15 is 0 Å². The van der Waals surface area contributed by atoms with Gasteiger partial charge in [0.05, 0.1) is 24.7 Å². The van der Waals surface area contributed by atoms with Crippen LogP contribution < -0.4 is 0 Å². The van der Waals surface area contributed by atoms with Crippen molar-refractivity contribution in [1.29, 1.82) is 0 Å². The molecule has 0 unspecified atom stereocenters. The van der Waals surface area contributed by atoms with Crippen molar-refractivity contribution in [3.05, 3.63) is 74.6 Å². The third kappa shape index (κ3) is 5.42. The number of carbonyl (C=O) groups is 1. The van der Waals surface area contributed by atoms with E-state index in [1.54, 1.807) is 45.8 Å². The van der Waals surface area contributed by atoms with E-state index in [2.05, 4.69) is 6.07 Å². The number of amides is 1. The number of rotatable bonds is 8. The van der Waals surface area contributed by atoms with Crippen LogP contribution in [0.25, 0.3) is 0 Å². The number of morpholine rings is 1. The van der Waals surface area contributed by atoms with Gasteiger partial charge in [-0.2, -0.15) is 4.31 Å². The molecular formula is C22H24N2O4S3. The molecule has 1 amide bonds. The van der Waals surface area contributed by atoms with Crippen LogP contribution in [0.1, 0.15) is 20.1 Å². The highest BCUT2D eigenvalue weighted by Gasteiger charge is 2.27. The van der Waals surface area contributed by atoms with E-state index in [1.807, 2.05) is 29.0 Å². The summed E-state index contributed by atoms with van der Waals surface area (Å²) in [6, 6.07) is 14.4. The summed E-state index contributed by atoms with van der Waals surface area (Å²) in [6.45, 7) is 2.49. The van der Waals surface area contributed by atoms with Gasteiger partial charge in [0.2, 0.25) is 10.0 Å². The number of hydrogen-bond acceptors (Lipinski definition) is 6. The lowest BCUT2D eigenvalue weighted by atomic mass is 10.2. The first kappa shape index (κ1) is 22.2. The summed E-state index contributed by atoms with van der Waals surface area (Å²) in [4.78, 5) is 17.6. The van der Waals surface area contributed by atoms with Crippen molar-refractivity contribution >= 4 is 38.6 Å². The van der Waals surface area contributed by atoms with Crippen LogP contribution in [0.3, 0.4) is 0 Å². The molecule has 0 atom stereocenters. The van der Waals surface area contributed by atoms with Crippen LogP contribution in [0.5, 0.6) is 0 Å². The maximum absolute atomic E-state index is 13.4. The molecule has 31 heavy (non-hydrogen) atoms. The highest BCUT2D eigenvalue weighted by Crippen LogP contribution is 2.21. The first-order valence-corrected chi connectivity index (χ1v) is 13.3. The van der Waals surface area contributed by atoms with E-state index < -0.39 is 10.0 Å². The molecular weight excluding hydrogens is 452 g/mol. The minimum atomic E-state index is -3.66. The standard InChI is InChI=1S/C22H24N2O4S3/c25-22(23(17-20-6-3-15-30-20)9-8-19-5-2-14-29-19)18-4-1-7-21(16-18)31(26,27)24-10-12-28-13-11-24/h1-7,14-16H,8-13,17H2. The minimum absolute atomic E-state index is 0.148. The first-order valence-electron chi connectivity index (χ1n) is 10.1. The number of thiophene rings is 2. The lowest BCUT2D eigenvalue weighted by Crippen LogP contribution is -2.40. The number of hydrogen-bond donors (Lipinski definition) is 0. The maximum atomic E-state index is 13.4. The van der Waals surface area contributed by atoms with E-state index in [0.717, 1.165) is 11.3 Å². The monoisotopic (exact) mass is 476 g/mol. The van der Waals surface area contributed by atoms with E-state index in [4.69, 9.17) is 4.74 Å². The van der Waals surface area contributed by atoms with E-state index in [-0.39, 0.29) is 10.8 Å². The van der Waals surface area contributed by atoms with Crippen LogP contribution >= 0.6 is 22.7 Å². The van der Waals surface area contributed by atoms with Gasteiger partial charge in [-0.25, -0.2) is 8.42 Å². The highest BCUT2D eigenvalue weighted by molar-refractivity contribution is 7.89. The Morgan fingerprint density at radius 1 is 1.00 bits per heavy atom. The molecule has 1 fully saturated rings. The predicted octanol–water partition coefficient (Wildman–Crippen LogP) is 3.72. The van der Waals surface area contributed by atoms with Crippen LogP contribution in [-0.4, -0.2) is 56.4 Å². The molecule has 3 heterocycles. The van der Waals surface area contributed by atoms with Gasteiger partial charge in [-0.05, 0) is 47.5 Å². The van der Waals surface area contributed by atoms with Gasteiger partial charge in [0.1, 0.15) is 0 Å². The topological polar surface area (TPSA) is 66.9 Å². The van der Waals surface area contributed by atoms with Crippen LogP contribution in [0.2, 0.25) is 0 Å². The second-order valence-electron chi connectivity index (χ2n) is 7.18. The van der Waals surface area contributed by atoms with Gasteiger partial charge in [0.15, 0.2) is 0 Å². The van der Waals surface area contributed by atoms with Crippen molar-refractivity contribution in [1.82, 2.24) is 9.21 Å². The van der Waals surface area contributed by atoms with Crippen molar-refractivity contribution in [2.75, 3.05) is 32.8 Å². The molecule has 1 saturated heterocycles. The van der Waals surface area contributed by atoms with Crippen molar-refractivity contribution in [3.8, 4) is 0 Å². The van der Waals surface area contributed by atoms with Crippen LogP contribution in [0, 0.1) is 0 Å². The molecule has 0 saturated carbocycles. The molecule has 0 N–H and O–H groups in total. The molecule has 0 radical (unpaired) electrons. The van der Waals surface area contributed by atoms with Gasteiger partial charge in [-0.1, -0.05) is 18.2 Å². The Kier molecular flexibility index (Phi) is 7.19. The fourth-order valence-electron chi connectivity index (χ4n) is 3.45. The summed E-state index contributed by atoms with van der Waals surface area (Å²) in [5.74, 6) is -0.163. The molecule has 0 spiro atoms. The zero-order valence-corrected chi connectivity index (χ0v) is 19.4. The van der Waals surface area contributed by atoms with Gasteiger partial charge in [0, 0.05) is 35.0 Å². The molecule has 0 bridgehead atoms. The van der Waals surface area contributed by atoms with Crippen LogP contribution in [-0.2, 0) is 27.7 Å². The summed E-state index contributed by atoms with van der Waals surface area (Å²) in [5, 5.41) is 4.02. The van der Waals surface area contributed by atoms with E-state index in [0.29, 0.717) is 45.0 Å². The Morgan fingerprint density at radius 2 is 1.71 bits per heavy atom. The Balaban J connectivity index is 1.56. The van der Waals surface area contributed by atoms with Crippen molar-refractivity contribution in [2.24, 2.45) is 0 Å². The molecule has 1 aliphatic heterocycles. The summed E-state index contributed by atoms with van der Waals surface area (Å²) < 4.78 is 32.7. The smallest absolute Gasteiger partial charge is 0.254 e. The number of benzene rings is 1. The molecule has 164 valence electrons. The van der Waals surface area contributed by atoms with Gasteiger partial charge in [-0.3, -0.25) is 4.79 Å². The molecule has 2 aromatic heterocycles.